The van der Waals surface area contributed by atoms with Gasteiger partial charge in [0.2, 0.25) is 5.01 Å². The summed E-state index contributed by atoms with van der Waals surface area (Å²) in [5, 5.41) is 12.3. The van der Waals surface area contributed by atoms with Crippen LogP contribution in [-0.2, 0) is 13.1 Å². The van der Waals surface area contributed by atoms with Crippen molar-refractivity contribution in [3.8, 4) is 0 Å². The van der Waals surface area contributed by atoms with Gasteiger partial charge in [0.05, 0.1) is 6.54 Å². The van der Waals surface area contributed by atoms with E-state index in [9.17, 15) is 9.18 Å². The van der Waals surface area contributed by atoms with Crippen molar-refractivity contribution >= 4 is 34.5 Å². The normalized spacial score (nSPS) is 10.9. The molecule has 0 aliphatic heterocycles. The predicted molar refractivity (Wildman–Crippen MR) is 101 cm³/mol. The molecule has 8 heteroatoms. The van der Waals surface area contributed by atoms with Gasteiger partial charge in [0, 0.05) is 22.8 Å². The minimum absolute atomic E-state index is 0.236. The second kappa shape index (κ2) is 8.35. The molecule has 0 spiro atoms. The van der Waals surface area contributed by atoms with Gasteiger partial charge in [-0.1, -0.05) is 41.1 Å². The highest BCUT2D eigenvalue weighted by atomic mass is 35.5. The first kappa shape index (κ1) is 18.4. The maximum atomic E-state index is 13.7. The van der Waals surface area contributed by atoms with Crippen molar-refractivity contribution in [2.75, 3.05) is 12.4 Å². The third kappa shape index (κ3) is 4.85. The molecule has 0 aliphatic rings. The van der Waals surface area contributed by atoms with E-state index in [1.165, 1.54) is 17.4 Å². The number of nitrogens with zero attached hydrogens (tertiary/aromatic N) is 3. The van der Waals surface area contributed by atoms with Crippen LogP contribution in [-0.4, -0.2) is 28.1 Å². The predicted octanol–water partition coefficient (Wildman–Crippen LogP) is 4.21. The quantitative estimate of drug-likeness (QED) is 0.684. The molecule has 1 N–H and O–H groups in total. The lowest BCUT2D eigenvalue weighted by atomic mass is 10.2. The summed E-state index contributed by atoms with van der Waals surface area (Å²) < 4.78 is 13.7. The van der Waals surface area contributed by atoms with Gasteiger partial charge in [0.1, 0.15) is 10.8 Å². The van der Waals surface area contributed by atoms with E-state index in [0.717, 1.165) is 0 Å². The fourth-order valence-corrected chi connectivity index (χ4v) is 3.27. The van der Waals surface area contributed by atoms with E-state index in [2.05, 4.69) is 15.5 Å². The van der Waals surface area contributed by atoms with Crippen LogP contribution in [0.2, 0.25) is 5.02 Å². The van der Waals surface area contributed by atoms with Gasteiger partial charge in [0.15, 0.2) is 0 Å². The fraction of sp³-hybridized carbons (Fsp3) is 0.167. The van der Waals surface area contributed by atoms with Crippen molar-refractivity contribution in [2.45, 2.75) is 13.1 Å². The fourth-order valence-electron chi connectivity index (χ4n) is 2.33. The topological polar surface area (TPSA) is 58.1 Å². The van der Waals surface area contributed by atoms with E-state index >= 15 is 0 Å². The van der Waals surface area contributed by atoms with E-state index in [-0.39, 0.29) is 16.7 Å². The van der Waals surface area contributed by atoms with Gasteiger partial charge in [-0.25, -0.2) is 4.39 Å². The van der Waals surface area contributed by atoms with Crippen molar-refractivity contribution < 1.29 is 9.18 Å². The van der Waals surface area contributed by atoms with Crippen molar-refractivity contribution in [1.82, 2.24) is 15.1 Å². The summed E-state index contributed by atoms with van der Waals surface area (Å²) in [6, 6.07) is 13.5. The third-order valence-corrected chi connectivity index (χ3v) is 4.73. The van der Waals surface area contributed by atoms with Crippen LogP contribution in [0.25, 0.3) is 0 Å². The zero-order valence-corrected chi connectivity index (χ0v) is 15.5. The van der Waals surface area contributed by atoms with Crippen molar-refractivity contribution in [3.05, 3.63) is 74.9 Å². The van der Waals surface area contributed by atoms with Crippen LogP contribution in [0.4, 0.5) is 10.1 Å². The van der Waals surface area contributed by atoms with Crippen LogP contribution in [0.1, 0.15) is 20.4 Å². The minimum atomic E-state index is -0.326. The first-order valence-electron chi connectivity index (χ1n) is 7.82. The molecule has 0 bridgehead atoms. The second-order valence-electron chi connectivity index (χ2n) is 5.73. The molecule has 3 rings (SSSR count). The Morgan fingerprint density at radius 1 is 1.15 bits per heavy atom. The smallest absolute Gasteiger partial charge is 0.286 e. The van der Waals surface area contributed by atoms with E-state index in [0.29, 0.717) is 34.4 Å². The molecular formula is C18H16ClFN4OS. The number of aromatic nitrogens is 2. The number of hydrogen-bond acceptors (Lipinski definition) is 5. The van der Waals surface area contributed by atoms with Gasteiger partial charge in [-0.3, -0.25) is 9.69 Å². The van der Waals surface area contributed by atoms with Gasteiger partial charge >= 0.3 is 0 Å². The number of amides is 1. The Balaban J connectivity index is 1.59. The molecule has 0 saturated carbocycles. The zero-order valence-electron chi connectivity index (χ0n) is 13.9. The summed E-state index contributed by atoms with van der Waals surface area (Å²) in [7, 11) is 1.86. The van der Waals surface area contributed by atoms with Gasteiger partial charge in [-0.2, -0.15) is 0 Å². The molecule has 1 amide bonds. The van der Waals surface area contributed by atoms with Crippen LogP contribution in [0, 0.1) is 5.82 Å². The third-order valence-electron chi connectivity index (χ3n) is 3.57. The molecular weight excluding hydrogens is 375 g/mol. The van der Waals surface area contributed by atoms with Gasteiger partial charge in [-0.15, -0.1) is 10.2 Å². The summed E-state index contributed by atoms with van der Waals surface area (Å²) in [5.41, 5.74) is 1.24. The highest BCUT2D eigenvalue weighted by molar-refractivity contribution is 7.13. The molecule has 0 saturated heterocycles. The number of rotatable bonds is 6. The van der Waals surface area contributed by atoms with Crippen LogP contribution >= 0.6 is 22.9 Å². The molecule has 134 valence electrons. The summed E-state index contributed by atoms with van der Waals surface area (Å²) in [6.07, 6.45) is 0. The van der Waals surface area contributed by atoms with Crippen molar-refractivity contribution in [1.29, 1.82) is 0 Å². The van der Waals surface area contributed by atoms with Crippen molar-refractivity contribution in [2.24, 2.45) is 0 Å². The molecule has 3 aromatic rings. The average Bonchev–Trinajstić information content (AvgIpc) is 3.07. The average molecular weight is 391 g/mol. The molecule has 1 heterocycles. The van der Waals surface area contributed by atoms with E-state index in [1.54, 1.807) is 42.5 Å². The van der Waals surface area contributed by atoms with E-state index in [1.807, 2.05) is 11.9 Å². The SMILES string of the molecule is CN(Cc1nnc(C(=O)Nc2ccc(Cl)cc2)s1)Cc1ccccc1F. The van der Waals surface area contributed by atoms with Crippen LogP contribution in [0.5, 0.6) is 0 Å². The summed E-state index contributed by atoms with van der Waals surface area (Å²) in [4.78, 5) is 14.2. The number of nitrogens with one attached hydrogen (secondary N) is 1. The minimum Gasteiger partial charge on any atom is -0.320 e. The lowest BCUT2D eigenvalue weighted by Gasteiger charge is -2.15. The van der Waals surface area contributed by atoms with Crippen LogP contribution in [0.3, 0.4) is 0 Å². The van der Waals surface area contributed by atoms with Crippen LogP contribution < -0.4 is 5.32 Å². The number of benzene rings is 2. The number of carbonyl (C=O) groups excluding carboxylic acids is 1. The number of anilines is 1. The Kier molecular flexibility index (Phi) is 5.92. The first-order chi connectivity index (χ1) is 12.5. The summed E-state index contributed by atoms with van der Waals surface area (Å²) in [5.74, 6) is -0.563. The van der Waals surface area contributed by atoms with Crippen molar-refractivity contribution in [3.63, 3.8) is 0 Å². The Hall–Kier alpha value is -2.35. The lowest BCUT2D eigenvalue weighted by Crippen LogP contribution is -2.17. The van der Waals surface area contributed by atoms with Gasteiger partial charge in [0.25, 0.3) is 5.91 Å². The zero-order chi connectivity index (χ0) is 18.5. The van der Waals surface area contributed by atoms with Gasteiger partial charge in [-0.05, 0) is 37.4 Å². The maximum absolute atomic E-state index is 13.7. The summed E-state index contributed by atoms with van der Waals surface area (Å²) >= 11 is 7.03. The molecule has 5 nitrogen and oxygen atoms in total. The number of halogens is 2. The maximum Gasteiger partial charge on any atom is 0.286 e. The van der Waals surface area contributed by atoms with Crippen LogP contribution in [0.15, 0.2) is 48.5 Å². The number of carbonyl (C=O) groups is 1. The second-order valence-corrected chi connectivity index (χ2v) is 7.22. The van der Waals surface area contributed by atoms with E-state index in [4.69, 9.17) is 11.6 Å². The van der Waals surface area contributed by atoms with Gasteiger partial charge < -0.3 is 5.32 Å². The largest absolute Gasteiger partial charge is 0.320 e. The Morgan fingerprint density at radius 3 is 2.62 bits per heavy atom. The molecule has 0 atom stereocenters. The monoisotopic (exact) mass is 390 g/mol. The molecule has 0 unspecified atom stereocenters. The molecule has 0 fully saturated rings. The van der Waals surface area contributed by atoms with E-state index < -0.39 is 0 Å². The molecule has 1 aromatic heterocycles. The lowest BCUT2D eigenvalue weighted by molar-refractivity contribution is 0.102. The standard InChI is InChI=1S/C18H16ClFN4OS/c1-24(10-12-4-2-3-5-15(12)20)11-16-22-23-18(26-16)17(25)21-14-8-6-13(19)7-9-14/h2-9H,10-11H2,1H3,(H,21,25). The Morgan fingerprint density at radius 2 is 1.88 bits per heavy atom. The molecule has 0 radical (unpaired) electrons. The molecule has 0 aliphatic carbocycles. The highest BCUT2D eigenvalue weighted by Crippen LogP contribution is 2.17. The highest BCUT2D eigenvalue weighted by Gasteiger charge is 2.15. The molecule has 2 aromatic carbocycles. The number of hydrogen-bond donors (Lipinski definition) is 1. The Labute approximate surface area is 159 Å². The summed E-state index contributed by atoms with van der Waals surface area (Å²) in [6.45, 7) is 0.915. The Bertz CT molecular complexity index is 900. The molecule has 26 heavy (non-hydrogen) atoms. The first-order valence-corrected chi connectivity index (χ1v) is 9.02.